The maximum atomic E-state index is 13.6. The molecule has 0 heterocycles. The fourth-order valence-corrected chi connectivity index (χ4v) is 4.40. The standard InChI is InChI=1S/C24H33N3O6S/c1-6-22(24(29)25-7-2)26(16-18-10-8-12-20(14-18)32-3)23(28)17-27(34(5,30)31)19-11-9-13-21(15-19)33-4/h8-15,22H,6-7,16-17H2,1-5H3,(H,25,29)/t22-/m0/s1. The van der Waals surface area contributed by atoms with E-state index in [9.17, 15) is 18.0 Å². The average molecular weight is 492 g/mol. The van der Waals surface area contributed by atoms with E-state index in [1.54, 1.807) is 56.5 Å². The van der Waals surface area contributed by atoms with Crippen molar-refractivity contribution in [1.82, 2.24) is 10.2 Å². The number of hydrogen-bond donors (Lipinski definition) is 1. The van der Waals surface area contributed by atoms with E-state index in [0.29, 0.717) is 30.2 Å². The van der Waals surface area contributed by atoms with Crippen molar-refractivity contribution in [2.24, 2.45) is 0 Å². The number of nitrogens with zero attached hydrogens (tertiary/aromatic N) is 2. The Morgan fingerprint density at radius 2 is 1.62 bits per heavy atom. The third-order valence-corrected chi connectivity index (χ3v) is 6.39. The van der Waals surface area contributed by atoms with Gasteiger partial charge in [0, 0.05) is 19.2 Å². The lowest BCUT2D eigenvalue weighted by molar-refractivity contribution is -0.140. The Morgan fingerprint density at radius 1 is 1.00 bits per heavy atom. The summed E-state index contributed by atoms with van der Waals surface area (Å²) in [4.78, 5) is 27.8. The van der Waals surface area contributed by atoms with Gasteiger partial charge in [-0.1, -0.05) is 25.1 Å². The van der Waals surface area contributed by atoms with Crippen LogP contribution in [0.2, 0.25) is 0 Å². The van der Waals surface area contributed by atoms with Crippen LogP contribution in [0.4, 0.5) is 5.69 Å². The van der Waals surface area contributed by atoms with Gasteiger partial charge in [-0.25, -0.2) is 8.42 Å². The van der Waals surface area contributed by atoms with Crippen LogP contribution in [0, 0.1) is 0 Å². The number of amides is 2. The summed E-state index contributed by atoms with van der Waals surface area (Å²) >= 11 is 0. The second-order valence-electron chi connectivity index (χ2n) is 7.66. The van der Waals surface area contributed by atoms with E-state index in [-0.39, 0.29) is 12.5 Å². The van der Waals surface area contributed by atoms with Crippen LogP contribution in [-0.2, 0) is 26.2 Å². The molecule has 9 nitrogen and oxygen atoms in total. The summed E-state index contributed by atoms with van der Waals surface area (Å²) in [6, 6.07) is 12.9. The summed E-state index contributed by atoms with van der Waals surface area (Å²) in [5.74, 6) is 0.272. The van der Waals surface area contributed by atoms with Crippen molar-refractivity contribution in [2.75, 3.05) is 37.9 Å². The molecule has 0 aliphatic heterocycles. The Labute approximate surface area is 201 Å². The molecule has 0 aliphatic rings. The van der Waals surface area contributed by atoms with Gasteiger partial charge in [-0.3, -0.25) is 13.9 Å². The molecule has 0 saturated carbocycles. The van der Waals surface area contributed by atoms with Gasteiger partial charge in [0.2, 0.25) is 21.8 Å². The smallest absolute Gasteiger partial charge is 0.244 e. The third-order valence-electron chi connectivity index (χ3n) is 5.24. The Hall–Kier alpha value is -3.27. The molecule has 186 valence electrons. The molecule has 0 fully saturated rings. The highest BCUT2D eigenvalue weighted by atomic mass is 32.2. The minimum absolute atomic E-state index is 0.112. The summed E-state index contributed by atoms with van der Waals surface area (Å²) in [7, 11) is -0.788. The molecule has 2 amide bonds. The van der Waals surface area contributed by atoms with E-state index in [0.717, 1.165) is 16.1 Å². The Kier molecular flexibility index (Phi) is 9.73. The topological polar surface area (TPSA) is 105 Å². The van der Waals surface area contributed by atoms with Crippen LogP contribution < -0.4 is 19.1 Å². The first-order valence-electron chi connectivity index (χ1n) is 11.0. The number of likely N-dealkylation sites (N-methyl/N-ethyl adjacent to an activating group) is 1. The molecule has 1 N–H and O–H groups in total. The molecule has 2 aromatic rings. The van der Waals surface area contributed by atoms with Crippen molar-refractivity contribution < 1.29 is 27.5 Å². The SMILES string of the molecule is CCNC(=O)[C@H](CC)N(Cc1cccc(OC)c1)C(=O)CN(c1cccc(OC)c1)S(C)(=O)=O. The Balaban J connectivity index is 2.45. The van der Waals surface area contributed by atoms with Gasteiger partial charge in [-0.15, -0.1) is 0 Å². The lowest BCUT2D eigenvalue weighted by Crippen LogP contribution is -2.52. The second kappa shape index (κ2) is 12.3. The maximum Gasteiger partial charge on any atom is 0.244 e. The fourth-order valence-electron chi connectivity index (χ4n) is 3.56. The summed E-state index contributed by atoms with van der Waals surface area (Å²) in [6.07, 6.45) is 1.40. The largest absolute Gasteiger partial charge is 0.497 e. The monoisotopic (exact) mass is 491 g/mol. The second-order valence-corrected chi connectivity index (χ2v) is 9.57. The van der Waals surface area contributed by atoms with Crippen molar-refractivity contribution in [3.8, 4) is 11.5 Å². The number of hydrogen-bond acceptors (Lipinski definition) is 6. The van der Waals surface area contributed by atoms with Gasteiger partial charge in [0.1, 0.15) is 24.1 Å². The predicted molar refractivity (Wildman–Crippen MR) is 131 cm³/mol. The van der Waals surface area contributed by atoms with E-state index in [4.69, 9.17) is 9.47 Å². The molecule has 2 aromatic carbocycles. The third kappa shape index (κ3) is 7.11. The van der Waals surface area contributed by atoms with Gasteiger partial charge in [0.15, 0.2) is 0 Å². The zero-order valence-corrected chi connectivity index (χ0v) is 21.1. The Bertz CT molecular complexity index is 1090. The number of carbonyl (C=O) groups excluding carboxylic acids is 2. The van der Waals surface area contributed by atoms with Crippen LogP contribution in [-0.4, -0.2) is 64.7 Å². The predicted octanol–water partition coefficient (Wildman–Crippen LogP) is 2.41. The van der Waals surface area contributed by atoms with Crippen LogP contribution in [0.15, 0.2) is 48.5 Å². The van der Waals surface area contributed by atoms with E-state index < -0.39 is 28.5 Å². The van der Waals surface area contributed by atoms with Crippen molar-refractivity contribution >= 4 is 27.5 Å². The number of rotatable bonds is 12. The van der Waals surface area contributed by atoms with Gasteiger partial charge in [0.05, 0.1) is 26.2 Å². The molecular formula is C24H33N3O6S. The quantitative estimate of drug-likeness (QED) is 0.489. The molecule has 34 heavy (non-hydrogen) atoms. The van der Waals surface area contributed by atoms with Gasteiger partial charge >= 0.3 is 0 Å². The average Bonchev–Trinajstić information content (AvgIpc) is 2.81. The lowest BCUT2D eigenvalue weighted by Gasteiger charge is -2.32. The molecule has 0 aromatic heterocycles. The van der Waals surface area contributed by atoms with Crippen LogP contribution in [0.1, 0.15) is 25.8 Å². The molecule has 0 saturated heterocycles. The molecule has 0 radical (unpaired) electrons. The first kappa shape index (κ1) is 27.0. The number of sulfonamides is 1. The zero-order chi connectivity index (χ0) is 25.3. The molecule has 10 heteroatoms. The van der Waals surface area contributed by atoms with Crippen molar-refractivity contribution in [1.29, 1.82) is 0 Å². The minimum atomic E-state index is -3.81. The van der Waals surface area contributed by atoms with Gasteiger partial charge < -0.3 is 19.7 Å². The molecule has 2 rings (SSSR count). The normalized spacial score (nSPS) is 11.9. The number of carbonyl (C=O) groups is 2. The van der Waals surface area contributed by atoms with Gasteiger partial charge in [-0.2, -0.15) is 0 Å². The van der Waals surface area contributed by atoms with Gasteiger partial charge in [0.25, 0.3) is 0 Å². The molecule has 0 bridgehead atoms. The van der Waals surface area contributed by atoms with E-state index in [1.165, 1.54) is 12.0 Å². The summed E-state index contributed by atoms with van der Waals surface area (Å²) in [5.41, 5.74) is 1.05. The summed E-state index contributed by atoms with van der Waals surface area (Å²) in [5, 5.41) is 2.76. The molecular weight excluding hydrogens is 458 g/mol. The summed E-state index contributed by atoms with van der Waals surface area (Å²) in [6.45, 7) is 3.66. The lowest BCUT2D eigenvalue weighted by atomic mass is 10.1. The van der Waals surface area contributed by atoms with E-state index >= 15 is 0 Å². The first-order valence-corrected chi connectivity index (χ1v) is 12.8. The fraction of sp³-hybridized carbons (Fsp3) is 0.417. The molecule has 1 atom stereocenters. The van der Waals surface area contributed by atoms with Crippen molar-refractivity contribution in [2.45, 2.75) is 32.9 Å². The Morgan fingerprint density at radius 3 is 2.18 bits per heavy atom. The highest BCUT2D eigenvalue weighted by molar-refractivity contribution is 7.92. The molecule has 0 spiro atoms. The number of methoxy groups -OCH3 is 2. The first-order chi connectivity index (χ1) is 16.1. The van der Waals surface area contributed by atoms with Crippen molar-refractivity contribution in [3.05, 3.63) is 54.1 Å². The number of benzene rings is 2. The van der Waals surface area contributed by atoms with Gasteiger partial charge in [-0.05, 0) is 43.2 Å². The summed E-state index contributed by atoms with van der Waals surface area (Å²) < 4.78 is 36.7. The van der Waals surface area contributed by atoms with Crippen LogP contribution in [0.5, 0.6) is 11.5 Å². The van der Waals surface area contributed by atoms with Crippen LogP contribution in [0.25, 0.3) is 0 Å². The van der Waals surface area contributed by atoms with E-state index in [1.807, 2.05) is 13.0 Å². The number of ether oxygens (including phenoxy) is 2. The molecule has 0 unspecified atom stereocenters. The maximum absolute atomic E-state index is 13.6. The van der Waals surface area contributed by atoms with Crippen LogP contribution >= 0.6 is 0 Å². The van der Waals surface area contributed by atoms with E-state index in [2.05, 4.69) is 5.32 Å². The minimum Gasteiger partial charge on any atom is -0.497 e. The molecule has 0 aliphatic carbocycles. The highest BCUT2D eigenvalue weighted by Crippen LogP contribution is 2.24. The van der Waals surface area contributed by atoms with Crippen molar-refractivity contribution in [3.63, 3.8) is 0 Å². The highest BCUT2D eigenvalue weighted by Gasteiger charge is 2.31. The van der Waals surface area contributed by atoms with Crippen LogP contribution in [0.3, 0.4) is 0 Å². The number of anilines is 1. The number of nitrogens with one attached hydrogen (secondary N) is 1. The zero-order valence-electron chi connectivity index (χ0n) is 20.3.